The van der Waals surface area contributed by atoms with E-state index in [1.165, 1.54) is 12.1 Å². The van der Waals surface area contributed by atoms with Crippen LogP contribution < -0.4 is 10.6 Å². The number of benzene rings is 3. The Morgan fingerprint density at radius 3 is 2.33 bits per heavy atom. The van der Waals surface area contributed by atoms with E-state index in [0.717, 1.165) is 16.7 Å². The molecule has 1 atom stereocenters. The van der Waals surface area contributed by atoms with Crippen molar-refractivity contribution in [3.05, 3.63) is 100 Å². The molecule has 0 aliphatic rings. The van der Waals surface area contributed by atoms with E-state index in [9.17, 15) is 19.4 Å². The maximum Gasteiger partial charge on any atom is 0.251 e. The van der Waals surface area contributed by atoms with Crippen molar-refractivity contribution in [3.63, 3.8) is 0 Å². The standard InChI is InChI=1S/C34H47FN2O4Si/c1-33(2,3)42(6,7)41-31(26-14-15-30(39)28(20-26)23-38)22-37-34(4,5)21-25-11-8-12-27(18-25)32(40)36-17-16-24-10-9-13-29(35)19-24/h8-15,18-20,31,37-39H,16-17,21-23H2,1-7H3,(H,36,40)/t31-/m0/s1. The number of hydrogen-bond donors (Lipinski definition) is 4. The van der Waals surface area contributed by atoms with Gasteiger partial charge in [-0.15, -0.1) is 0 Å². The molecule has 0 unspecified atom stereocenters. The molecule has 8 heteroatoms. The highest BCUT2D eigenvalue weighted by atomic mass is 28.4. The molecule has 0 aliphatic heterocycles. The first kappa shape index (κ1) is 33.5. The maximum atomic E-state index is 13.4. The molecule has 1 amide bonds. The van der Waals surface area contributed by atoms with Crippen LogP contribution in [0.2, 0.25) is 18.1 Å². The van der Waals surface area contributed by atoms with Gasteiger partial charge >= 0.3 is 0 Å². The zero-order chi connectivity index (χ0) is 31.1. The summed E-state index contributed by atoms with van der Waals surface area (Å²) < 4.78 is 20.3. The Bertz CT molecular complexity index is 1350. The average Bonchev–Trinajstić information content (AvgIpc) is 2.90. The van der Waals surface area contributed by atoms with Gasteiger partial charge in [-0.2, -0.15) is 0 Å². The summed E-state index contributed by atoms with van der Waals surface area (Å²) in [5, 5.41) is 26.5. The monoisotopic (exact) mass is 594 g/mol. The fourth-order valence-corrected chi connectivity index (χ4v) is 5.86. The van der Waals surface area contributed by atoms with Crippen molar-refractivity contribution in [3.8, 4) is 5.75 Å². The molecule has 0 heterocycles. The zero-order valence-corrected chi connectivity index (χ0v) is 27.1. The zero-order valence-electron chi connectivity index (χ0n) is 26.1. The third-order valence-corrected chi connectivity index (χ3v) is 12.6. The van der Waals surface area contributed by atoms with Gasteiger partial charge in [-0.3, -0.25) is 4.79 Å². The third kappa shape index (κ3) is 9.49. The molecule has 0 spiro atoms. The van der Waals surface area contributed by atoms with E-state index in [1.807, 2.05) is 36.4 Å². The van der Waals surface area contributed by atoms with Crippen LogP contribution in [0, 0.1) is 5.82 Å². The molecule has 0 bridgehead atoms. The average molecular weight is 595 g/mol. The van der Waals surface area contributed by atoms with E-state index in [-0.39, 0.29) is 40.8 Å². The van der Waals surface area contributed by atoms with Crippen LogP contribution in [-0.2, 0) is 23.9 Å². The lowest BCUT2D eigenvalue weighted by Crippen LogP contribution is -2.47. The minimum absolute atomic E-state index is 0.00972. The van der Waals surface area contributed by atoms with Crippen LogP contribution in [0.15, 0.2) is 66.7 Å². The Labute approximate surface area is 251 Å². The number of rotatable bonds is 13. The summed E-state index contributed by atoms with van der Waals surface area (Å²) in [5.41, 5.74) is 3.51. The predicted molar refractivity (Wildman–Crippen MR) is 170 cm³/mol. The molecule has 0 fully saturated rings. The maximum absolute atomic E-state index is 13.4. The van der Waals surface area contributed by atoms with Gasteiger partial charge in [0.15, 0.2) is 8.32 Å². The van der Waals surface area contributed by atoms with Gasteiger partial charge < -0.3 is 25.3 Å². The van der Waals surface area contributed by atoms with Gasteiger partial charge in [0.1, 0.15) is 11.6 Å². The fraction of sp³-hybridized carbons (Fsp3) is 0.441. The lowest BCUT2D eigenvalue weighted by Gasteiger charge is -2.40. The van der Waals surface area contributed by atoms with Crippen molar-refractivity contribution in [1.82, 2.24) is 10.6 Å². The number of aromatic hydroxyl groups is 1. The largest absolute Gasteiger partial charge is 0.508 e. The van der Waals surface area contributed by atoms with E-state index in [1.54, 1.807) is 18.2 Å². The molecular weight excluding hydrogens is 547 g/mol. The molecule has 3 aromatic rings. The van der Waals surface area contributed by atoms with Gasteiger partial charge in [0.2, 0.25) is 0 Å². The summed E-state index contributed by atoms with van der Waals surface area (Å²) in [4.78, 5) is 12.8. The third-order valence-electron chi connectivity index (χ3n) is 8.08. The van der Waals surface area contributed by atoms with Crippen LogP contribution in [0.5, 0.6) is 5.75 Å². The van der Waals surface area contributed by atoms with E-state index in [4.69, 9.17) is 4.43 Å². The number of phenols is 1. The molecule has 3 rings (SSSR count). The molecule has 0 aromatic heterocycles. The van der Waals surface area contributed by atoms with E-state index in [2.05, 4.69) is 58.3 Å². The van der Waals surface area contributed by atoms with E-state index in [0.29, 0.717) is 37.1 Å². The topological polar surface area (TPSA) is 90.8 Å². The fourth-order valence-electron chi connectivity index (χ4n) is 4.57. The number of hydrogen-bond acceptors (Lipinski definition) is 5. The summed E-state index contributed by atoms with van der Waals surface area (Å²) in [6.45, 7) is 16.0. The van der Waals surface area contributed by atoms with Crippen molar-refractivity contribution < 1.29 is 23.8 Å². The molecule has 0 saturated carbocycles. The Hall–Kier alpha value is -3.04. The summed E-state index contributed by atoms with van der Waals surface area (Å²) >= 11 is 0. The van der Waals surface area contributed by atoms with Crippen LogP contribution in [-0.4, -0.2) is 43.1 Å². The first-order chi connectivity index (χ1) is 19.6. The highest BCUT2D eigenvalue weighted by Gasteiger charge is 2.39. The van der Waals surface area contributed by atoms with Crippen molar-refractivity contribution >= 4 is 14.2 Å². The summed E-state index contributed by atoms with van der Waals surface area (Å²) in [7, 11) is -2.15. The van der Waals surface area contributed by atoms with Crippen LogP contribution in [0.25, 0.3) is 0 Å². The number of carbonyl (C=O) groups is 1. The van der Waals surface area contributed by atoms with Crippen LogP contribution >= 0.6 is 0 Å². The molecule has 0 saturated heterocycles. The Balaban J connectivity index is 1.68. The second kappa shape index (κ2) is 14.0. The van der Waals surface area contributed by atoms with E-state index < -0.39 is 8.32 Å². The van der Waals surface area contributed by atoms with Crippen LogP contribution in [0.1, 0.15) is 73.3 Å². The number of amides is 1. The van der Waals surface area contributed by atoms with Gasteiger partial charge in [-0.25, -0.2) is 4.39 Å². The summed E-state index contributed by atoms with van der Waals surface area (Å²) in [6, 6.07) is 19.3. The smallest absolute Gasteiger partial charge is 0.251 e. The Morgan fingerprint density at radius 1 is 0.976 bits per heavy atom. The molecule has 0 aliphatic carbocycles. The molecule has 0 radical (unpaired) electrons. The van der Waals surface area contributed by atoms with Crippen molar-refractivity contribution in [1.29, 1.82) is 0 Å². The molecule has 228 valence electrons. The number of halogens is 1. The van der Waals surface area contributed by atoms with Gasteiger partial charge in [0.05, 0.1) is 12.7 Å². The Kier molecular flexibility index (Phi) is 11.1. The van der Waals surface area contributed by atoms with Crippen molar-refractivity contribution in [2.45, 2.75) is 83.8 Å². The highest BCUT2D eigenvalue weighted by molar-refractivity contribution is 6.74. The summed E-state index contributed by atoms with van der Waals surface area (Å²) in [5.74, 6) is -0.369. The van der Waals surface area contributed by atoms with Gasteiger partial charge in [-0.1, -0.05) is 51.1 Å². The normalized spacial score (nSPS) is 13.2. The summed E-state index contributed by atoms with van der Waals surface area (Å²) in [6.07, 6.45) is 0.965. The second-order valence-electron chi connectivity index (χ2n) is 13.2. The van der Waals surface area contributed by atoms with Crippen molar-refractivity contribution in [2.75, 3.05) is 13.1 Å². The number of aliphatic hydroxyl groups is 1. The molecular formula is C34H47FN2O4Si. The molecule has 3 aromatic carbocycles. The quantitative estimate of drug-likeness (QED) is 0.166. The first-order valence-electron chi connectivity index (χ1n) is 14.6. The first-order valence-corrected chi connectivity index (χ1v) is 17.5. The van der Waals surface area contributed by atoms with E-state index >= 15 is 0 Å². The molecule has 6 nitrogen and oxygen atoms in total. The molecule has 42 heavy (non-hydrogen) atoms. The minimum atomic E-state index is -2.15. The SMILES string of the molecule is CC(C)(Cc1cccc(C(=O)NCCc2cccc(F)c2)c1)NC[C@H](O[Si](C)(C)C(C)(C)C)c1ccc(O)c(CO)c1. The van der Waals surface area contributed by atoms with Crippen molar-refractivity contribution in [2.24, 2.45) is 0 Å². The number of aliphatic hydroxyl groups excluding tert-OH is 1. The van der Waals surface area contributed by atoms with Gasteiger partial charge in [-0.05, 0) is 97.9 Å². The lowest BCUT2D eigenvalue weighted by atomic mass is 9.93. The highest BCUT2D eigenvalue weighted by Crippen LogP contribution is 2.40. The number of carbonyl (C=O) groups excluding carboxylic acids is 1. The second-order valence-corrected chi connectivity index (χ2v) is 17.9. The van der Waals surface area contributed by atoms with Crippen LogP contribution in [0.3, 0.4) is 0 Å². The number of nitrogens with one attached hydrogen (secondary N) is 2. The van der Waals surface area contributed by atoms with Gasteiger partial charge in [0.25, 0.3) is 5.91 Å². The Morgan fingerprint density at radius 2 is 1.67 bits per heavy atom. The van der Waals surface area contributed by atoms with Gasteiger partial charge in [0, 0.05) is 29.8 Å². The van der Waals surface area contributed by atoms with Crippen LogP contribution in [0.4, 0.5) is 4.39 Å². The predicted octanol–water partition coefficient (Wildman–Crippen LogP) is 6.67. The lowest BCUT2D eigenvalue weighted by molar-refractivity contribution is 0.0954. The minimum Gasteiger partial charge on any atom is -0.508 e. The molecule has 4 N–H and O–H groups in total.